The van der Waals surface area contributed by atoms with E-state index in [9.17, 15) is 4.79 Å². The number of rotatable bonds is 2. The Morgan fingerprint density at radius 3 is 2.59 bits per heavy atom. The van der Waals surface area contributed by atoms with Crippen LogP contribution in [0.25, 0.3) is 0 Å². The van der Waals surface area contributed by atoms with Crippen LogP contribution in [0.3, 0.4) is 0 Å². The van der Waals surface area contributed by atoms with Crippen molar-refractivity contribution >= 4 is 11.9 Å². The van der Waals surface area contributed by atoms with Crippen LogP contribution in [0.4, 0.5) is 5.95 Å². The lowest BCUT2D eigenvalue weighted by Gasteiger charge is -2.48. The van der Waals surface area contributed by atoms with Crippen LogP contribution in [0.2, 0.25) is 0 Å². The van der Waals surface area contributed by atoms with E-state index in [-0.39, 0.29) is 11.3 Å². The predicted molar refractivity (Wildman–Crippen MR) is 104 cm³/mol. The van der Waals surface area contributed by atoms with Gasteiger partial charge >= 0.3 is 0 Å². The van der Waals surface area contributed by atoms with Crippen LogP contribution in [0.1, 0.15) is 47.6 Å². The fourth-order valence-electron chi connectivity index (χ4n) is 4.65. The number of carbonyl (C=O) groups is 1. The number of anilines is 1. The molecule has 0 saturated carbocycles. The predicted octanol–water partition coefficient (Wildman–Crippen LogP) is 2.35. The molecule has 7 nitrogen and oxygen atoms in total. The third kappa shape index (κ3) is 3.55. The van der Waals surface area contributed by atoms with E-state index < -0.39 is 0 Å². The number of likely N-dealkylation sites (tertiary alicyclic amines) is 1. The highest BCUT2D eigenvalue weighted by Crippen LogP contribution is 2.39. The van der Waals surface area contributed by atoms with Gasteiger partial charge in [0, 0.05) is 50.5 Å². The Morgan fingerprint density at radius 2 is 1.89 bits per heavy atom. The lowest BCUT2D eigenvalue weighted by atomic mass is 9.73. The van der Waals surface area contributed by atoms with Crippen LogP contribution in [0.5, 0.6) is 0 Å². The highest BCUT2D eigenvalue weighted by atomic mass is 16.2. The van der Waals surface area contributed by atoms with E-state index in [1.807, 2.05) is 44.1 Å². The molecule has 0 N–H and O–H groups in total. The second-order valence-electron chi connectivity index (χ2n) is 8.15. The van der Waals surface area contributed by atoms with Crippen molar-refractivity contribution < 1.29 is 4.79 Å². The van der Waals surface area contributed by atoms with E-state index in [0.29, 0.717) is 5.69 Å². The van der Waals surface area contributed by atoms with Crippen molar-refractivity contribution in [3.8, 4) is 0 Å². The molecule has 0 radical (unpaired) electrons. The fourth-order valence-corrected chi connectivity index (χ4v) is 4.65. The third-order valence-electron chi connectivity index (χ3n) is 5.90. The Kier molecular flexibility index (Phi) is 4.61. The Morgan fingerprint density at radius 1 is 1.11 bits per heavy atom. The molecular weight excluding hydrogens is 340 g/mol. The first-order valence-electron chi connectivity index (χ1n) is 9.80. The average Bonchev–Trinajstić information content (AvgIpc) is 2.99. The maximum absolute atomic E-state index is 13.1. The van der Waals surface area contributed by atoms with Gasteiger partial charge in [0.2, 0.25) is 5.95 Å². The van der Waals surface area contributed by atoms with Gasteiger partial charge in [-0.3, -0.25) is 9.48 Å². The van der Waals surface area contributed by atoms with Crippen LogP contribution in [-0.4, -0.2) is 56.7 Å². The fraction of sp³-hybridized carbons (Fsp3) is 0.600. The molecule has 4 rings (SSSR count). The van der Waals surface area contributed by atoms with Crippen molar-refractivity contribution in [3.05, 3.63) is 35.4 Å². The molecular formula is C20H28N6O. The monoisotopic (exact) mass is 368 g/mol. The number of hydrogen-bond donors (Lipinski definition) is 0. The largest absolute Gasteiger partial charge is 0.340 e. The minimum Gasteiger partial charge on any atom is -0.340 e. The van der Waals surface area contributed by atoms with Crippen molar-refractivity contribution in [2.24, 2.45) is 12.5 Å². The average molecular weight is 368 g/mol. The molecule has 1 spiro atoms. The number of amides is 1. The minimum absolute atomic E-state index is 0.0982. The maximum Gasteiger partial charge on any atom is 0.272 e. The van der Waals surface area contributed by atoms with E-state index >= 15 is 0 Å². The zero-order valence-electron chi connectivity index (χ0n) is 16.5. The molecule has 1 amide bonds. The molecule has 2 aliphatic heterocycles. The van der Waals surface area contributed by atoms with Crippen LogP contribution in [0.15, 0.2) is 18.3 Å². The van der Waals surface area contributed by atoms with Gasteiger partial charge in [-0.05, 0) is 51.7 Å². The third-order valence-corrected chi connectivity index (χ3v) is 5.90. The number of hydrogen-bond acceptors (Lipinski definition) is 5. The molecule has 7 heteroatoms. The van der Waals surface area contributed by atoms with Crippen molar-refractivity contribution in [2.45, 2.75) is 39.5 Å². The summed E-state index contributed by atoms with van der Waals surface area (Å²) in [4.78, 5) is 26.5. The summed E-state index contributed by atoms with van der Waals surface area (Å²) in [5.74, 6) is 0.917. The van der Waals surface area contributed by atoms with E-state index in [4.69, 9.17) is 0 Å². The van der Waals surface area contributed by atoms with Gasteiger partial charge in [-0.2, -0.15) is 5.10 Å². The molecule has 1 atom stereocenters. The minimum atomic E-state index is 0.0982. The summed E-state index contributed by atoms with van der Waals surface area (Å²) in [6, 6.07) is 3.82. The summed E-state index contributed by atoms with van der Waals surface area (Å²) in [5, 5.41) is 4.34. The Labute approximate surface area is 160 Å². The van der Waals surface area contributed by atoms with Crippen molar-refractivity contribution in [1.82, 2.24) is 24.6 Å². The Bertz CT molecular complexity index is 843. The lowest BCUT2D eigenvalue weighted by molar-refractivity contribution is 0.0455. The standard InChI is InChI=1S/C20H28N6O/c1-15-6-9-21-19(22-15)26-11-5-8-20(14-26)7-4-10-25(13-20)18(27)17-12-16(2)23-24(17)3/h6,9,12H,4-5,7-8,10-11,13-14H2,1-3H3. The van der Waals surface area contributed by atoms with E-state index in [0.717, 1.165) is 69.2 Å². The normalized spacial score (nSPS) is 23.1. The number of aryl methyl sites for hydroxylation is 3. The van der Waals surface area contributed by atoms with Gasteiger partial charge in [0.1, 0.15) is 5.69 Å². The first-order chi connectivity index (χ1) is 13.0. The highest BCUT2D eigenvalue weighted by Gasteiger charge is 2.41. The first-order valence-corrected chi connectivity index (χ1v) is 9.80. The molecule has 2 aromatic rings. The van der Waals surface area contributed by atoms with Gasteiger partial charge in [-0.15, -0.1) is 0 Å². The molecule has 2 aliphatic rings. The topological polar surface area (TPSA) is 67.2 Å². The molecule has 0 aromatic carbocycles. The maximum atomic E-state index is 13.1. The van der Waals surface area contributed by atoms with Gasteiger partial charge in [0.25, 0.3) is 5.91 Å². The molecule has 4 heterocycles. The zero-order valence-corrected chi connectivity index (χ0v) is 16.5. The van der Waals surface area contributed by atoms with Gasteiger partial charge in [0.05, 0.1) is 5.69 Å². The Balaban J connectivity index is 1.52. The molecule has 2 fully saturated rings. The van der Waals surface area contributed by atoms with Crippen LogP contribution in [-0.2, 0) is 7.05 Å². The highest BCUT2D eigenvalue weighted by molar-refractivity contribution is 5.92. The lowest BCUT2D eigenvalue weighted by Crippen LogP contribution is -2.54. The summed E-state index contributed by atoms with van der Waals surface area (Å²) in [6.45, 7) is 7.46. The van der Waals surface area contributed by atoms with Gasteiger partial charge in [0.15, 0.2) is 0 Å². The quantitative estimate of drug-likeness (QED) is 0.814. The summed E-state index contributed by atoms with van der Waals surface area (Å²) in [7, 11) is 1.84. The molecule has 0 bridgehead atoms. The SMILES string of the molecule is Cc1ccnc(N2CCCC3(CCCN(C(=O)c4cc(C)nn4C)C3)C2)n1. The summed E-state index contributed by atoms with van der Waals surface area (Å²) < 4.78 is 1.70. The molecule has 1 unspecified atom stereocenters. The number of carbonyl (C=O) groups excluding carboxylic acids is 1. The molecule has 144 valence electrons. The van der Waals surface area contributed by atoms with Crippen LogP contribution >= 0.6 is 0 Å². The van der Waals surface area contributed by atoms with Crippen LogP contribution < -0.4 is 4.90 Å². The van der Waals surface area contributed by atoms with Gasteiger partial charge in [-0.25, -0.2) is 9.97 Å². The molecule has 2 aromatic heterocycles. The summed E-state index contributed by atoms with van der Waals surface area (Å²) >= 11 is 0. The second kappa shape index (κ2) is 6.94. The van der Waals surface area contributed by atoms with Crippen molar-refractivity contribution in [2.75, 3.05) is 31.1 Å². The Hall–Kier alpha value is -2.44. The summed E-state index contributed by atoms with van der Waals surface area (Å²) in [5.41, 5.74) is 2.69. The summed E-state index contributed by atoms with van der Waals surface area (Å²) in [6.07, 6.45) is 6.31. The molecule has 27 heavy (non-hydrogen) atoms. The smallest absolute Gasteiger partial charge is 0.272 e. The molecule has 0 aliphatic carbocycles. The second-order valence-corrected chi connectivity index (χ2v) is 8.15. The van der Waals surface area contributed by atoms with E-state index in [1.54, 1.807) is 4.68 Å². The number of piperidine rings is 2. The van der Waals surface area contributed by atoms with Crippen LogP contribution in [0, 0.1) is 19.3 Å². The zero-order chi connectivity index (χ0) is 19.0. The number of aromatic nitrogens is 4. The van der Waals surface area contributed by atoms with Gasteiger partial charge < -0.3 is 9.80 Å². The number of nitrogens with zero attached hydrogens (tertiary/aromatic N) is 6. The van der Waals surface area contributed by atoms with Crippen molar-refractivity contribution in [3.63, 3.8) is 0 Å². The molecule has 2 saturated heterocycles. The van der Waals surface area contributed by atoms with E-state index in [1.165, 1.54) is 0 Å². The van der Waals surface area contributed by atoms with E-state index in [2.05, 4.69) is 20.0 Å². The van der Waals surface area contributed by atoms with Crippen molar-refractivity contribution in [1.29, 1.82) is 0 Å². The van der Waals surface area contributed by atoms with Gasteiger partial charge in [-0.1, -0.05) is 0 Å². The first kappa shape index (κ1) is 17.9.